The van der Waals surface area contributed by atoms with Gasteiger partial charge in [0.25, 0.3) is 5.56 Å². The van der Waals surface area contributed by atoms with Gasteiger partial charge in [0, 0.05) is 5.56 Å². The third-order valence-corrected chi connectivity index (χ3v) is 4.00. The smallest absolute Gasteiger partial charge is 0.254 e. The van der Waals surface area contributed by atoms with Gasteiger partial charge in [0.05, 0.1) is 11.4 Å². The van der Waals surface area contributed by atoms with Crippen molar-refractivity contribution in [3.8, 4) is 0 Å². The highest BCUT2D eigenvalue weighted by Crippen LogP contribution is 2.17. The minimum absolute atomic E-state index is 0.0943. The highest BCUT2D eigenvalue weighted by molar-refractivity contribution is 7.98. The summed E-state index contributed by atoms with van der Waals surface area (Å²) in [4.78, 5) is 19.3. The maximum absolute atomic E-state index is 11.8. The van der Waals surface area contributed by atoms with Gasteiger partial charge in [-0.25, -0.2) is 4.98 Å². The molecule has 0 atom stereocenters. The van der Waals surface area contributed by atoms with Crippen LogP contribution in [0.2, 0.25) is 0 Å². The van der Waals surface area contributed by atoms with Gasteiger partial charge in [-0.05, 0) is 37.9 Å². The Morgan fingerprint density at radius 2 is 2.19 bits per heavy atom. The van der Waals surface area contributed by atoms with Gasteiger partial charge in [-0.15, -0.1) is 0 Å². The van der Waals surface area contributed by atoms with Crippen LogP contribution in [-0.4, -0.2) is 15.7 Å². The largest absolute Gasteiger partial charge is 0.310 e. The summed E-state index contributed by atoms with van der Waals surface area (Å²) in [5, 5.41) is 0. The number of aromatic amines is 1. The second-order valence-corrected chi connectivity index (χ2v) is 5.30. The van der Waals surface area contributed by atoms with Crippen molar-refractivity contribution in [1.82, 2.24) is 9.97 Å². The van der Waals surface area contributed by atoms with Gasteiger partial charge in [0.2, 0.25) is 0 Å². The van der Waals surface area contributed by atoms with Crippen LogP contribution in [0.4, 0.5) is 0 Å². The van der Waals surface area contributed by atoms with Gasteiger partial charge in [0.1, 0.15) is 5.82 Å². The van der Waals surface area contributed by atoms with E-state index in [2.05, 4.69) is 16.9 Å². The number of aryl methyl sites for hydroxylation is 1. The highest BCUT2D eigenvalue weighted by atomic mass is 32.2. The summed E-state index contributed by atoms with van der Waals surface area (Å²) < 4.78 is 0. The molecule has 0 fully saturated rings. The Kier molecular flexibility index (Phi) is 4.04. The molecule has 0 saturated heterocycles. The average molecular weight is 238 g/mol. The van der Waals surface area contributed by atoms with E-state index in [1.165, 1.54) is 12.8 Å². The van der Waals surface area contributed by atoms with Crippen molar-refractivity contribution in [2.75, 3.05) is 5.75 Å². The van der Waals surface area contributed by atoms with E-state index in [4.69, 9.17) is 0 Å². The first-order valence-electron chi connectivity index (χ1n) is 6.00. The minimum atomic E-state index is 0.0943. The van der Waals surface area contributed by atoms with Crippen LogP contribution in [0.15, 0.2) is 4.79 Å². The zero-order valence-electron chi connectivity index (χ0n) is 9.71. The summed E-state index contributed by atoms with van der Waals surface area (Å²) in [5.41, 5.74) is 2.06. The summed E-state index contributed by atoms with van der Waals surface area (Å²) in [6.45, 7) is 2.16. The molecule has 0 aromatic carbocycles. The Hall–Kier alpha value is -0.770. The molecule has 1 aromatic rings. The summed E-state index contributed by atoms with van der Waals surface area (Å²) in [6.07, 6.45) is 5.34. The van der Waals surface area contributed by atoms with Crippen molar-refractivity contribution in [1.29, 1.82) is 0 Å². The number of hydrogen-bond acceptors (Lipinski definition) is 3. The quantitative estimate of drug-likeness (QED) is 0.819. The van der Waals surface area contributed by atoms with Crippen LogP contribution >= 0.6 is 11.8 Å². The molecule has 0 unspecified atom stereocenters. The van der Waals surface area contributed by atoms with Gasteiger partial charge in [0.15, 0.2) is 0 Å². The third-order valence-electron chi connectivity index (χ3n) is 2.83. The number of hydrogen-bond donors (Lipinski definition) is 1. The number of nitrogens with zero attached hydrogens (tertiary/aromatic N) is 1. The molecule has 1 aliphatic rings. The number of fused-ring (bicyclic) bond motifs is 1. The van der Waals surface area contributed by atoms with Gasteiger partial charge < -0.3 is 4.98 Å². The monoisotopic (exact) mass is 238 g/mol. The molecule has 0 radical (unpaired) electrons. The predicted octanol–water partition coefficient (Wildman–Crippen LogP) is 2.29. The van der Waals surface area contributed by atoms with E-state index in [-0.39, 0.29) is 5.56 Å². The third kappa shape index (κ3) is 2.67. The lowest BCUT2D eigenvalue weighted by Crippen LogP contribution is -2.22. The van der Waals surface area contributed by atoms with Crippen LogP contribution in [-0.2, 0) is 18.6 Å². The average Bonchev–Trinajstić information content (AvgIpc) is 2.30. The summed E-state index contributed by atoms with van der Waals surface area (Å²) in [6, 6.07) is 0. The molecular formula is C12H18N2OS. The van der Waals surface area contributed by atoms with Crippen LogP contribution in [0.3, 0.4) is 0 Å². The molecule has 88 valence electrons. The van der Waals surface area contributed by atoms with Gasteiger partial charge in [-0.1, -0.05) is 6.92 Å². The number of nitrogens with one attached hydrogen (secondary N) is 1. The van der Waals surface area contributed by atoms with Crippen LogP contribution < -0.4 is 5.56 Å². The molecular weight excluding hydrogens is 220 g/mol. The molecule has 0 bridgehead atoms. The fourth-order valence-electron chi connectivity index (χ4n) is 2.04. The molecule has 0 aliphatic heterocycles. The lowest BCUT2D eigenvalue weighted by atomic mass is 9.97. The maximum atomic E-state index is 11.8. The number of H-pyrrole nitrogens is 1. The van der Waals surface area contributed by atoms with Gasteiger partial charge >= 0.3 is 0 Å². The van der Waals surface area contributed by atoms with E-state index in [1.807, 2.05) is 11.8 Å². The van der Waals surface area contributed by atoms with Crippen molar-refractivity contribution >= 4 is 11.8 Å². The summed E-state index contributed by atoms with van der Waals surface area (Å²) >= 11 is 1.83. The van der Waals surface area contributed by atoms with E-state index in [0.717, 1.165) is 47.8 Å². The van der Waals surface area contributed by atoms with Crippen molar-refractivity contribution in [2.45, 2.75) is 44.8 Å². The molecule has 1 aromatic heterocycles. The van der Waals surface area contributed by atoms with E-state index < -0.39 is 0 Å². The van der Waals surface area contributed by atoms with Gasteiger partial charge in [-0.2, -0.15) is 11.8 Å². The number of aromatic nitrogens is 2. The molecule has 0 saturated carbocycles. The van der Waals surface area contributed by atoms with E-state index in [0.29, 0.717) is 0 Å². The van der Waals surface area contributed by atoms with Crippen LogP contribution in [0.1, 0.15) is 43.3 Å². The Balaban J connectivity index is 2.15. The standard InChI is InChI=1S/C12H18N2OS/c1-2-7-16-8-11-13-10-6-4-3-5-9(10)12(15)14-11/h2-8H2,1H3,(H,13,14,15). The first kappa shape index (κ1) is 11.7. The molecule has 0 amide bonds. The maximum Gasteiger partial charge on any atom is 0.254 e. The number of thioether (sulfide) groups is 1. The SMILES string of the molecule is CCCSCc1nc2c(c(=O)[nH]1)CCCC2. The second kappa shape index (κ2) is 5.53. The van der Waals surface area contributed by atoms with Crippen LogP contribution in [0.25, 0.3) is 0 Å². The minimum Gasteiger partial charge on any atom is -0.310 e. The molecule has 1 aliphatic carbocycles. The molecule has 4 heteroatoms. The Morgan fingerprint density at radius 3 is 3.00 bits per heavy atom. The second-order valence-electron chi connectivity index (χ2n) is 4.20. The number of rotatable bonds is 4. The summed E-state index contributed by atoms with van der Waals surface area (Å²) in [7, 11) is 0. The molecule has 3 nitrogen and oxygen atoms in total. The zero-order chi connectivity index (χ0) is 11.4. The topological polar surface area (TPSA) is 45.8 Å². The summed E-state index contributed by atoms with van der Waals surface area (Å²) in [5.74, 6) is 2.81. The van der Waals surface area contributed by atoms with Crippen molar-refractivity contribution in [3.63, 3.8) is 0 Å². The first-order chi connectivity index (χ1) is 7.81. The Labute approximate surface area is 100 Å². The van der Waals surface area contributed by atoms with Gasteiger partial charge in [-0.3, -0.25) is 4.79 Å². The van der Waals surface area contributed by atoms with E-state index in [9.17, 15) is 4.79 Å². The predicted molar refractivity (Wildman–Crippen MR) is 68.0 cm³/mol. The fourth-order valence-corrected chi connectivity index (χ4v) is 2.80. The van der Waals surface area contributed by atoms with E-state index >= 15 is 0 Å². The zero-order valence-corrected chi connectivity index (χ0v) is 10.5. The lowest BCUT2D eigenvalue weighted by Gasteiger charge is -2.14. The molecule has 2 rings (SSSR count). The molecule has 0 spiro atoms. The normalized spacial score (nSPS) is 14.8. The van der Waals surface area contributed by atoms with E-state index in [1.54, 1.807) is 0 Å². The Morgan fingerprint density at radius 1 is 1.38 bits per heavy atom. The van der Waals surface area contributed by atoms with Crippen LogP contribution in [0.5, 0.6) is 0 Å². The first-order valence-corrected chi connectivity index (χ1v) is 7.15. The van der Waals surface area contributed by atoms with Crippen LogP contribution in [0, 0.1) is 0 Å². The van der Waals surface area contributed by atoms with Crippen molar-refractivity contribution in [3.05, 3.63) is 27.4 Å². The highest BCUT2D eigenvalue weighted by Gasteiger charge is 2.15. The fraction of sp³-hybridized carbons (Fsp3) is 0.667. The molecule has 1 N–H and O–H groups in total. The Bertz CT molecular complexity index is 414. The molecule has 1 heterocycles. The lowest BCUT2D eigenvalue weighted by molar-refractivity contribution is 0.651. The van der Waals surface area contributed by atoms with Crippen molar-refractivity contribution in [2.24, 2.45) is 0 Å². The van der Waals surface area contributed by atoms with Crippen molar-refractivity contribution < 1.29 is 0 Å². The molecule has 16 heavy (non-hydrogen) atoms.